The van der Waals surface area contributed by atoms with Crippen molar-refractivity contribution in [3.05, 3.63) is 70.3 Å². The molecule has 8 amide bonds. The Labute approximate surface area is 777 Å². The molecule has 4 bridgehead atoms. The number of Topliss-reactive ketones (excluding diaryl/α,β-unsaturated/α-hetero) is 3. The van der Waals surface area contributed by atoms with Gasteiger partial charge < -0.3 is 115 Å². The van der Waals surface area contributed by atoms with E-state index in [-0.39, 0.29) is 110 Å². The molecule has 5 heterocycles. The number of unbranched alkanes of at least 4 members (excludes halogenated alkanes) is 3. The molecular weight excluding hydrogens is 1790 g/mol. The number of ether oxygens (including phenoxy) is 8. The summed E-state index contributed by atoms with van der Waals surface area (Å²) in [6.07, 6.45) is 3.37. The maximum absolute atomic E-state index is 14.6. The number of hydrogen-bond acceptors (Lipinski definition) is 33. The molecule has 14 atom stereocenters. The number of anilines is 1. The number of amides is 8. The predicted molar refractivity (Wildman–Crippen MR) is 474 cm³/mol. The van der Waals surface area contributed by atoms with Gasteiger partial charge in [0, 0.05) is 116 Å². The molecule has 0 spiro atoms. The van der Waals surface area contributed by atoms with Crippen molar-refractivity contribution >= 4 is 134 Å². The first kappa shape index (κ1) is 110. The van der Waals surface area contributed by atoms with E-state index in [2.05, 4.69) is 52.5 Å². The van der Waals surface area contributed by atoms with Gasteiger partial charge in [-0.25, -0.2) is 4.79 Å². The third kappa shape index (κ3) is 36.9. The average molecular weight is 1920 g/mol. The Kier molecular flexibility index (Phi) is 46.8. The van der Waals surface area contributed by atoms with Crippen LogP contribution in [0.2, 0.25) is 5.02 Å². The van der Waals surface area contributed by atoms with E-state index in [9.17, 15) is 102 Å². The number of ketones is 3. The molecule has 3 aliphatic heterocycles. The van der Waals surface area contributed by atoms with Gasteiger partial charge in [-0.1, -0.05) is 74.3 Å². The molecule has 11 N–H and O–H groups in total. The van der Waals surface area contributed by atoms with Crippen LogP contribution < -0.4 is 41.5 Å². The van der Waals surface area contributed by atoms with Gasteiger partial charge in [-0.05, 0) is 129 Å². The van der Waals surface area contributed by atoms with Crippen LogP contribution in [0.3, 0.4) is 0 Å². The van der Waals surface area contributed by atoms with Crippen LogP contribution in [0.1, 0.15) is 187 Å². The molecule has 6 rings (SSSR count). The number of carbonyl (C=O) groups excluding carboxylic acids is 14. The Hall–Kier alpha value is -10.4. The van der Waals surface area contributed by atoms with Gasteiger partial charge in [0.25, 0.3) is 6.47 Å². The smallest absolute Gasteiger partial charge is 0.328 e. The number of esters is 2. The molecule has 0 aliphatic carbocycles. The Bertz CT molecular complexity index is 4500. The number of carbonyl (C=O) groups is 16. The lowest BCUT2D eigenvalue weighted by Gasteiger charge is -2.41. The van der Waals surface area contributed by atoms with Gasteiger partial charge in [0.1, 0.15) is 108 Å². The number of aromatic nitrogens is 6. The maximum atomic E-state index is 14.6. The number of benzene rings is 1. The van der Waals surface area contributed by atoms with Gasteiger partial charge >= 0.3 is 23.9 Å². The second-order valence-corrected chi connectivity index (χ2v) is 36.0. The van der Waals surface area contributed by atoms with Gasteiger partial charge in [0.15, 0.2) is 5.78 Å². The highest BCUT2D eigenvalue weighted by molar-refractivity contribution is 8.76. The van der Waals surface area contributed by atoms with E-state index in [1.54, 1.807) is 59.9 Å². The lowest BCUT2D eigenvalue weighted by molar-refractivity contribution is -0.187. The fraction of sp³-hybridized carbons (Fsp3) is 0.651. The summed E-state index contributed by atoms with van der Waals surface area (Å²) in [5.74, 6) is -14.5. The Morgan fingerprint density at radius 3 is 1.95 bits per heavy atom. The number of nitrogens with one attached hydrogen (secondary N) is 6. The summed E-state index contributed by atoms with van der Waals surface area (Å²) < 4.78 is 48.3. The summed E-state index contributed by atoms with van der Waals surface area (Å²) in [6.45, 7) is 6.93. The highest BCUT2D eigenvalue weighted by Crippen LogP contribution is 2.50. The minimum absolute atomic E-state index is 0.00394. The second-order valence-electron chi connectivity index (χ2n) is 33.0. The Morgan fingerprint density at radius 2 is 1.36 bits per heavy atom. The van der Waals surface area contributed by atoms with Crippen molar-refractivity contribution in [2.45, 2.75) is 274 Å². The number of rotatable bonds is 58. The van der Waals surface area contributed by atoms with E-state index >= 15 is 0 Å². The summed E-state index contributed by atoms with van der Waals surface area (Å²) in [5.41, 5.74) is 0.0666. The largest absolute Gasteiger partial charge is 0.495 e. The number of allylic oxidation sites excluding steroid dienone is 3. The molecule has 2 aromatic heterocycles. The van der Waals surface area contributed by atoms with Crippen molar-refractivity contribution in [1.29, 1.82) is 0 Å². The lowest BCUT2D eigenvalue weighted by atomic mass is 9.78. The third-order valence-corrected chi connectivity index (χ3v) is 25.2. The molecule has 2 fully saturated rings. The van der Waals surface area contributed by atoms with Gasteiger partial charge in [-0.3, -0.25) is 71.7 Å². The normalized spacial score (nSPS) is 20.7. The number of aliphatic carboxylic acids is 2. The number of nitrogens with zero attached hydrogens (tertiary/aromatic N) is 8. The van der Waals surface area contributed by atoms with E-state index in [0.717, 1.165) is 32.1 Å². The van der Waals surface area contributed by atoms with Crippen molar-refractivity contribution in [3.8, 4) is 5.75 Å². The standard InChI is InChI=1S/C86H125ClN14O29S2/c1-51-20-17-26-68(124-10)86(122)41-67(128-77(116)42-86)54(4)79-85(6,130-79)69(40-74(111)99(8)64-35-56(34-51)36-66(123-9)78(64)87)129-84(121)55(5)98(7)73(110)29-33-131-132-47-72(127-50-104)93-82(119)60(91-80(117)57(38-75(112)113)37-65(107)62(45-125-48-102)89-70(108)27-12-15-31-100-43-58(94-96-100)23-18-21-52(2)105)25-11-14-30-88-81(118)61(39-76(114)115)92-83(120)63(46-126-49-103)90-71(109)28-13-16-32-101-44-59(95-97-101)24-19-22-53(3)106/h17,20,26,35-36,43-44,48,54-55,57,60-63,67-69,72,79,103-104,122H,11-16,18-19,21-25,27-34,37-42,45-47,49-50H2,1-10H3,(H,88,118)(H,89,108)(H,90,109)(H,91,117)(H,92,120)(H,93,119)(H,112,113)(H,114,115)/b26-17+,51-20+/t54-,55+,57+,60+,61+,62+,63+,67+,68-,69?,72+,79+,85?,86-/m1/s1. The number of epoxide rings is 1. The number of methoxy groups -OCH3 is 2. The molecule has 2 saturated heterocycles. The third-order valence-electron chi connectivity index (χ3n) is 22.4. The summed E-state index contributed by atoms with van der Waals surface area (Å²) >= 11 is 6.88. The van der Waals surface area contributed by atoms with Crippen LogP contribution in [0.15, 0.2) is 48.3 Å². The predicted octanol–water partition coefficient (Wildman–Crippen LogP) is 2.58. The van der Waals surface area contributed by atoms with Crippen LogP contribution in [0.25, 0.3) is 0 Å². The first-order valence-electron chi connectivity index (χ1n) is 43.5. The molecule has 0 saturated carbocycles. The molecule has 3 aliphatic rings. The first-order chi connectivity index (χ1) is 62.7. The van der Waals surface area contributed by atoms with E-state index < -0.39 is 213 Å². The number of aliphatic hydroxyl groups excluding tert-OH is 2. The average Bonchev–Trinajstić information content (AvgIpc) is 1.57. The molecule has 2 unspecified atom stereocenters. The summed E-state index contributed by atoms with van der Waals surface area (Å²) in [7, 11) is 7.84. The monoisotopic (exact) mass is 1920 g/mol. The van der Waals surface area contributed by atoms with Gasteiger partial charge in [0.05, 0.1) is 68.5 Å². The maximum Gasteiger partial charge on any atom is 0.328 e. The molecule has 43 nitrogen and oxygen atoms in total. The van der Waals surface area contributed by atoms with E-state index in [4.69, 9.17) is 49.5 Å². The summed E-state index contributed by atoms with van der Waals surface area (Å²) in [5, 5.41) is 82.9. The molecule has 3 aromatic rings. The van der Waals surface area contributed by atoms with E-state index in [1.807, 2.05) is 13.0 Å². The second kappa shape index (κ2) is 56.0. The number of hydrogen-bond donors (Lipinski definition) is 11. The van der Waals surface area contributed by atoms with Crippen molar-refractivity contribution in [3.63, 3.8) is 0 Å². The molecule has 1 aromatic carbocycles. The van der Waals surface area contributed by atoms with Crippen molar-refractivity contribution in [2.75, 3.05) is 78.1 Å². The zero-order valence-corrected chi connectivity index (χ0v) is 78.4. The van der Waals surface area contributed by atoms with Gasteiger partial charge in [-0.2, -0.15) is 0 Å². The molecule has 132 heavy (non-hydrogen) atoms. The van der Waals surface area contributed by atoms with Crippen molar-refractivity contribution < 1.29 is 140 Å². The SMILES string of the molecule is COc1cc2cc(c1Cl)N(C)C(=O)CC(OC(=O)[C@H](C)N(C)C(=O)CCSSC[C@@H](NC(=O)[C@H](CCCCNC(=O)[C@H](CC(=O)O)NC(=O)[C@H](COCO)NC(=O)CCCCn1cc(CCCC(C)=O)nn1)NC(=O)[C@H](CC(=O)O)CC(=O)[C@H](COC=O)NC(=O)CCCCn1cc(CCCC(C)=O)nn1)OCO)C1(C)O[C@H]1[C@H](C)[C@@H]1C[C@@](O)(CC(=O)O1)[C@H](OC)/C=C/C=C(\C)C2. The zero-order chi connectivity index (χ0) is 97.4. The quantitative estimate of drug-likeness (QED) is 0.00736. The van der Waals surface area contributed by atoms with Gasteiger partial charge in [-0.15, -0.1) is 10.2 Å². The molecule has 0 radical (unpaired) electrons. The van der Waals surface area contributed by atoms with Crippen molar-refractivity contribution in [2.24, 2.45) is 11.8 Å². The fourth-order valence-corrected chi connectivity index (χ4v) is 17.2. The minimum atomic E-state index is -1.77. The molecule has 46 heteroatoms. The number of aryl methyl sites for hydroxylation is 4. The highest BCUT2D eigenvalue weighted by atomic mass is 35.5. The van der Waals surface area contributed by atoms with Crippen LogP contribution in [0.4, 0.5) is 5.69 Å². The Balaban J connectivity index is 1.13. The van der Waals surface area contributed by atoms with Crippen LogP contribution in [0, 0.1) is 11.8 Å². The first-order valence-corrected chi connectivity index (χ1v) is 46.4. The van der Waals surface area contributed by atoms with E-state index in [1.165, 1.54) is 54.0 Å². The molecule has 732 valence electrons. The van der Waals surface area contributed by atoms with Crippen LogP contribution in [-0.2, 0) is 142 Å². The fourth-order valence-electron chi connectivity index (χ4n) is 14.8. The van der Waals surface area contributed by atoms with Gasteiger partial charge in [0.2, 0.25) is 47.3 Å². The zero-order valence-electron chi connectivity index (χ0n) is 76.0. The van der Waals surface area contributed by atoms with Crippen LogP contribution in [0.5, 0.6) is 5.75 Å². The lowest BCUT2D eigenvalue weighted by Crippen LogP contribution is -2.55. The summed E-state index contributed by atoms with van der Waals surface area (Å²) in [6, 6.07) is -4.36. The number of likely N-dealkylation sites (N-methyl/N-ethyl adjacent to an activating group) is 1. The number of fused-ring (bicyclic) bond motifs is 5. The van der Waals surface area contributed by atoms with Crippen molar-refractivity contribution in [1.82, 2.24) is 66.8 Å². The minimum Gasteiger partial charge on any atom is -0.495 e. The molecular formula is C86H125ClN14O29S2. The van der Waals surface area contributed by atoms with Crippen LogP contribution in [-0.4, -0.2) is 301 Å². The summed E-state index contributed by atoms with van der Waals surface area (Å²) in [4.78, 5) is 215. The number of aliphatic hydroxyl groups is 3. The highest BCUT2D eigenvalue weighted by Gasteiger charge is 2.65. The van der Waals surface area contributed by atoms with Crippen LogP contribution >= 0.6 is 33.2 Å². The topological polar surface area (TPSA) is 591 Å². The number of carboxylic acid groups (broad SMARTS) is 2. The number of halogens is 1. The number of carboxylic acids is 2. The Morgan fingerprint density at radius 1 is 0.742 bits per heavy atom. The van der Waals surface area contributed by atoms with E-state index in [0.29, 0.717) is 94.2 Å².